The third-order valence-electron chi connectivity index (χ3n) is 4.53. The maximum Gasteiger partial charge on any atom is 0.412 e. The van der Waals surface area contributed by atoms with Gasteiger partial charge in [-0.15, -0.1) is 0 Å². The van der Waals surface area contributed by atoms with Crippen molar-refractivity contribution >= 4 is 29.1 Å². The number of hydrogen-bond acceptors (Lipinski definition) is 5. The van der Waals surface area contributed by atoms with Crippen LogP contribution in [0.25, 0.3) is 11.4 Å². The summed E-state index contributed by atoms with van der Waals surface area (Å²) in [5, 5.41) is 12.4. The lowest BCUT2D eigenvalue weighted by atomic mass is 10.2. The van der Waals surface area contributed by atoms with Crippen LogP contribution in [-0.2, 0) is 0 Å². The molecule has 0 saturated carbocycles. The first-order valence-electron chi connectivity index (χ1n) is 9.17. The van der Waals surface area contributed by atoms with Crippen LogP contribution in [0.15, 0.2) is 70.3 Å². The molecule has 0 atom stereocenters. The van der Waals surface area contributed by atoms with E-state index in [1.807, 2.05) is 0 Å². The molecule has 1 heterocycles. The molecule has 3 rings (SSSR count). The maximum atomic E-state index is 13.4. The van der Waals surface area contributed by atoms with Crippen LogP contribution in [-0.4, -0.2) is 43.8 Å². The highest BCUT2D eigenvalue weighted by Gasteiger charge is 2.27. The number of hydrogen-bond donors (Lipinski definition) is 2. The van der Waals surface area contributed by atoms with E-state index in [0.29, 0.717) is 11.4 Å². The number of para-hydroxylation sites is 2. The Balaban J connectivity index is 2.48. The predicted molar refractivity (Wildman–Crippen MR) is 119 cm³/mol. The fourth-order valence-corrected chi connectivity index (χ4v) is 3.55. The minimum atomic E-state index is -1.28. The molecule has 0 aliphatic heterocycles. The molecule has 0 fully saturated rings. The largest absolute Gasteiger partial charge is 0.465 e. The van der Waals surface area contributed by atoms with Gasteiger partial charge in [0.1, 0.15) is 16.4 Å². The standard InChI is InChI=1S/C21H20N4O4S/c1-3-23(21(28)29)19(30)16-17(22-2)24(14-10-6-4-7-11-14)20(27)25(18(16)26)15-12-8-5-9-13-15/h4-13,22H,3H2,1-2H3,(H,28,29). The quantitative estimate of drug-likeness (QED) is 0.612. The summed E-state index contributed by atoms with van der Waals surface area (Å²) in [5.74, 6) is 0.119. The summed E-state index contributed by atoms with van der Waals surface area (Å²) in [4.78, 5) is 39.2. The lowest BCUT2D eigenvalue weighted by Crippen LogP contribution is -2.46. The lowest BCUT2D eigenvalue weighted by molar-refractivity contribution is 0.171. The summed E-state index contributed by atoms with van der Waals surface area (Å²) in [6.07, 6.45) is -1.28. The number of anilines is 1. The molecule has 0 unspecified atom stereocenters. The van der Waals surface area contributed by atoms with Gasteiger partial charge in [-0.25, -0.2) is 18.7 Å². The van der Waals surface area contributed by atoms with Gasteiger partial charge in [0.2, 0.25) is 0 Å². The Morgan fingerprint density at radius 3 is 1.93 bits per heavy atom. The van der Waals surface area contributed by atoms with Crippen molar-refractivity contribution in [1.82, 2.24) is 14.0 Å². The molecule has 9 heteroatoms. The topological polar surface area (TPSA) is 96.6 Å². The summed E-state index contributed by atoms with van der Waals surface area (Å²) in [7, 11) is 1.55. The number of thiocarbonyl (C=S) groups is 1. The Morgan fingerprint density at radius 2 is 1.50 bits per heavy atom. The Labute approximate surface area is 177 Å². The third-order valence-corrected chi connectivity index (χ3v) is 4.96. The van der Waals surface area contributed by atoms with Crippen molar-refractivity contribution < 1.29 is 9.90 Å². The molecule has 0 aliphatic rings. The van der Waals surface area contributed by atoms with E-state index in [0.717, 1.165) is 9.47 Å². The summed E-state index contributed by atoms with van der Waals surface area (Å²) in [6.45, 7) is 1.66. The molecule has 2 aromatic carbocycles. The summed E-state index contributed by atoms with van der Waals surface area (Å²) in [5.41, 5.74) is -0.538. The molecular formula is C21H20N4O4S. The van der Waals surface area contributed by atoms with E-state index in [2.05, 4.69) is 5.32 Å². The number of nitrogens with zero attached hydrogens (tertiary/aromatic N) is 3. The van der Waals surface area contributed by atoms with E-state index < -0.39 is 17.3 Å². The molecule has 0 bridgehead atoms. The molecule has 1 amide bonds. The molecule has 0 radical (unpaired) electrons. The number of aromatic nitrogens is 2. The lowest BCUT2D eigenvalue weighted by Gasteiger charge is -2.23. The second-order valence-electron chi connectivity index (χ2n) is 6.24. The van der Waals surface area contributed by atoms with Crippen molar-refractivity contribution in [2.24, 2.45) is 0 Å². The average molecular weight is 424 g/mol. The summed E-state index contributed by atoms with van der Waals surface area (Å²) >= 11 is 5.40. The summed E-state index contributed by atoms with van der Waals surface area (Å²) in [6, 6.07) is 17.2. The van der Waals surface area contributed by atoms with E-state index >= 15 is 0 Å². The number of carboxylic acid groups (broad SMARTS) is 1. The molecule has 3 aromatic rings. The van der Waals surface area contributed by atoms with Gasteiger partial charge in [-0.1, -0.05) is 48.6 Å². The van der Waals surface area contributed by atoms with Gasteiger partial charge < -0.3 is 10.4 Å². The average Bonchev–Trinajstić information content (AvgIpc) is 2.74. The Morgan fingerprint density at radius 1 is 1.00 bits per heavy atom. The van der Waals surface area contributed by atoms with E-state index in [4.69, 9.17) is 12.2 Å². The smallest absolute Gasteiger partial charge is 0.412 e. The fraction of sp³-hybridized carbons (Fsp3) is 0.143. The van der Waals surface area contributed by atoms with Gasteiger partial charge >= 0.3 is 11.8 Å². The van der Waals surface area contributed by atoms with Crippen molar-refractivity contribution in [3.8, 4) is 11.4 Å². The van der Waals surface area contributed by atoms with Crippen molar-refractivity contribution in [2.45, 2.75) is 6.92 Å². The van der Waals surface area contributed by atoms with E-state index in [1.54, 1.807) is 74.6 Å². The van der Waals surface area contributed by atoms with Gasteiger partial charge in [0.25, 0.3) is 5.56 Å². The van der Waals surface area contributed by atoms with Gasteiger partial charge in [0.05, 0.1) is 11.4 Å². The van der Waals surface area contributed by atoms with E-state index in [-0.39, 0.29) is 22.9 Å². The van der Waals surface area contributed by atoms with Gasteiger partial charge in [0.15, 0.2) is 0 Å². The monoisotopic (exact) mass is 424 g/mol. The van der Waals surface area contributed by atoms with E-state index in [1.165, 1.54) is 4.57 Å². The van der Waals surface area contributed by atoms with Crippen LogP contribution < -0.4 is 16.6 Å². The SMILES string of the molecule is CCN(C(=O)O)C(=S)c1c(NC)n(-c2ccccc2)c(=O)n(-c2ccccc2)c1=O. The van der Waals surface area contributed by atoms with Gasteiger partial charge in [-0.2, -0.15) is 0 Å². The molecule has 30 heavy (non-hydrogen) atoms. The van der Waals surface area contributed by atoms with Crippen molar-refractivity contribution in [3.05, 3.63) is 87.1 Å². The highest BCUT2D eigenvalue weighted by Crippen LogP contribution is 2.19. The Bertz CT molecular complexity index is 1200. The molecule has 0 aliphatic carbocycles. The molecule has 0 saturated heterocycles. The predicted octanol–water partition coefficient (Wildman–Crippen LogP) is 2.71. The minimum absolute atomic E-state index is 0.0482. The highest BCUT2D eigenvalue weighted by atomic mass is 32.1. The van der Waals surface area contributed by atoms with Crippen LogP contribution in [0.4, 0.5) is 10.6 Å². The molecule has 2 N–H and O–H groups in total. The van der Waals surface area contributed by atoms with Crippen LogP contribution in [0, 0.1) is 0 Å². The minimum Gasteiger partial charge on any atom is -0.465 e. The molecule has 1 aromatic heterocycles. The normalized spacial score (nSPS) is 10.5. The fourth-order valence-electron chi connectivity index (χ4n) is 3.16. The van der Waals surface area contributed by atoms with Gasteiger partial charge in [0, 0.05) is 13.6 Å². The Hall–Kier alpha value is -3.72. The molecular weight excluding hydrogens is 404 g/mol. The second-order valence-corrected chi connectivity index (χ2v) is 6.62. The number of nitrogens with one attached hydrogen (secondary N) is 1. The van der Waals surface area contributed by atoms with Crippen LogP contribution in [0.1, 0.15) is 12.5 Å². The zero-order chi connectivity index (χ0) is 21.8. The second kappa shape index (κ2) is 8.75. The Kier molecular flexibility index (Phi) is 6.12. The zero-order valence-corrected chi connectivity index (χ0v) is 17.2. The van der Waals surface area contributed by atoms with Crippen molar-refractivity contribution in [3.63, 3.8) is 0 Å². The first-order chi connectivity index (χ1) is 14.4. The zero-order valence-electron chi connectivity index (χ0n) is 16.4. The van der Waals surface area contributed by atoms with Crippen LogP contribution in [0.5, 0.6) is 0 Å². The summed E-state index contributed by atoms with van der Waals surface area (Å²) < 4.78 is 2.30. The number of amides is 1. The van der Waals surface area contributed by atoms with Crippen LogP contribution in [0.2, 0.25) is 0 Å². The van der Waals surface area contributed by atoms with Crippen molar-refractivity contribution in [1.29, 1.82) is 0 Å². The highest BCUT2D eigenvalue weighted by molar-refractivity contribution is 7.80. The van der Waals surface area contributed by atoms with Crippen molar-refractivity contribution in [2.75, 3.05) is 18.9 Å². The molecule has 0 spiro atoms. The van der Waals surface area contributed by atoms with Crippen LogP contribution in [0.3, 0.4) is 0 Å². The number of benzene rings is 2. The number of carbonyl (C=O) groups is 1. The van der Waals surface area contributed by atoms with E-state index in [9.17, 15) is 19.5 Å². The van der Waals surface area contributed by atoms with Crippen LogP contribution >= 0.6 is 12.2 Å². The number of rotatable bonds is 5. The first kappa shape index (κ1) is 21.0. The molecule has 8 nitrogen and oxygen atoms in total. The molecule has 154 valence electrons. The van der Waals surface area contributed by atoms with Gasteiger partial charge in [-0.3, -0.25) is 9.69 Å². The van der Waals surface area contributed by atoms with Gasteiger partial charge in [-0.05, 0) is 31.2 Å². The maximum absolute atomic E-state index is 13.4. The third kappa shape index (κ3) is 3.62. The first-order valence-corrected chi connectivity index (χ1v) is 9.58.